The van der Waals surface area contributed by atoms with E-state index in [1.807, 2.05) is 0 Å². The van der Waals surface area contributed by atoms with Gasteiger partial charge in [0.1, 0.15) is 12.9 Å². The maximum absolute atomic E-state index is 13.9. The summed E-state index contributed by atoms with van der Waals surface area (Å²) in [6.07, 6.45) is 1.05. The highest BCUT2D eigenvalue weighted by molar-refractivity contribution is 6.47. The van der Waals surface area contributed by atoms with Crippen molar-refractivity contribution in [2.45, 2.75) is 0 Å². The highest BCUT2D eigenvalue weighted by Gasteiger charge is 2.21. The number of para-hydroxylation sites is 1. The third-order valence-corrected chi connectivity index (χ3v) is 3.15. The van der Waals surface area contributed by atoms with E-state index in [1.165, 1.54) is 7.11 Å². The Morgan fingerprint density at radius 2 is 2.24 bits per heavy atom. The summed E-state index contributed by atoms with van der Waals surface area (Å²) in [4.78, 5) is 31.5. The van der Waals surface area contributed by atoms with E-state index in [-0.39, 0.29) is 5.75 Å². The second kappa shape index (κ2) is 7.53. The monoisotopic (exact) mass is 347 g/mol. The number of amidine groups is 1. The summed E-state index contributed by atoms with van der Waals surface area (Å²) in [5.74, 6) is -1.03. The molecule has 0 atom stereocenters. The molecule has 0 bridgehead atoms. The molecule has 1 aliphatic rings. The highest BCUT2D eigenvalue weighted by Crippen LogP contribution is 2.25. The molecule has 3 rings (SSSR count). The van der Waals surface area contributed by atoms with Gasteiger partial charge in [-0.1, -0.05) is 17.3 Å². The van der Waals surface area contributed by atoms with Gasteiger partial charge in [0.25, 0.3) is 11.4 Å². The Labute approximate surface area is 141 Å². The number of halogens is 1. The van der Waals surface area contributed by atoms with Gasteiger partial charge in [-0.3, -0.25) is 14.6 Å². The third kappa shape index (κ3) is 3.63. The second-order valence-electron chi connectivity index (χ2n) is 4.75. The number of oxime groups is 1. The van der Waals surface area contributed by atoms with Crippen molar-refractivity contribution in [2.75, 3.05) is 20.3 Å². The summed E-state index contributed by atoms with van der Waals surface area (Å²) >= 11 is 0. The van der Waals surface area contributed by atoms with Crippen LogP contribution in [-0.2, 0) is 9.68 Å². The maximum Gasteiger partial charge on any atom is 0.290 e. The van der Waals surface area contributed by atoms with Crippen molar-refractivity contribution in [3.63, 3.8) is 0 Å². The lowest BCUT2D eigenvalue weighted by atomic mass is 10.1. The van der Waals surface area contributed by atoms with E-state index in [9.17, 15) is 9.18 Å². The summed E-state index contributed by atoms with van der Waals surface area (Å²) in [6.45, 7) is 0.863. The zero-order valence-corrected chi connectivity index (χ0v) is 13.2. The summed E-state index contributed by atoms with van der Waals surface area (Å²) in [5, 5.41) is 3.94. The van der Waals surface area contributed by atoms with Gasteiger partial charge in [-0.2, -0.15) is 4.39 Å². The molecule has 0 saturated carbocycles. The smallest absolute Gasteiger partial charge is 0.290 e. The molecule has 1 aromatic carbocycles. The van der Waals surface area contributed by atoms with Gasteiger partial charge in [0.2, 0.25) is 5.82 Å². The average Bonchev–Trinajstić information content (AvgIpc) is 2.65. The summed E-state index contributed by atoms with van der Waals surface area (Å²) < 4.78 is 19.4. The fourth-order valence-electron chi connectivity index (χ4n) is 2.08. The van der Waals surface area contributed by atoms with Crippen LogP contribution < -0.4 is 15.8 Å². The van der Waals surface area contributed by atoms with Gasteiger partial charge < -0.3 is 14.6 Å². The first-order valence-electron chi connectivity index (χ1n) is 7.25. The van der Waals surface area contributed by atoms with E-state index in [2.05, 4.69) is 25.6 Å². The number of hydroxylamine groups is 1. The number of H-pyrrole nitrogens is 1. The average molecular weight is 347 g/mol. The number of benzene rings is 1. The molecule has 2 aromatic rings. The van der Waals surface area contributed by atoms with E-state index >= 15 is 0 Å². The minimum atomic E-state index is -1.13. The number of nitrogens with one attached hydrogen (secondary N) is 2. The molecule has 130 valence electrons. The Morgan fingerprint density at radius 3 is 3.00 bits per heavy atom. The molecule has 2 heterocycles. The first-order chi connectivity index (χ1) is 12.2. The Kier molecular flexibility index (Phi) is 5.00. The molecule has 0 fully saturated rings. The van der Waals surface area contributed by atoms with Crippen molar-refractivity contribution < 1.29 is 18.8 Å². The minimum Gasteiger partial charge on any atom is -0.436 e. The first-order valence-corrected chi connectivity index (χ1v) is 7.25. The standard InChI is InChI=1S/C15H14FN5O4/c1-23-20-12(13-17-6-7-24-21-13)9-4-2-3-5-10(9)25-15-11(16)14(22)18-8-19-15/h2-5,8H,6-7H2,1H3,(H,17,21)(H,18,19,22)/b20-12+. The predicted octanol–water partition coefficient (Wildman–Crippen LogP) is 0.985. The van der Waals surface area contributed by atoms with E-state index in [0.717, 1.165) is 6.33 Å². The summed E-state index contributed by atoms with van der Waals surface area (Å²) in [7, 11) is 1.38. The Hall–Kier alpha value is -3.27. The maximum atomic E-state index is 13.9. The number of aromatic amines is 1. The van der Waals surface area contributed by atoms with Crippen LogP contribution in [0.15, 0.2) is 45.5 Å². The van der Waals surface area contributed by atoms with Gasteiger partial charge in [-0.05, 0) is 12.1 Å². The van der Waals surface area contributed by atoms with Gasteiger partial charge >= 0.3 is 0 Å². The molecule has 0 amide bonds. The molecule has 25 heavy (non-hydrogen) atoms. The number of aliphatic imine (C=N–C) groups is 1. The van der Waals surface area contributed by atoms with Gasteiger partial charge in [-0.25, -0.2) is 10.5 Å². The van der Waals surface area contributed by atoms with Crippen molar-refractivity contribution in [3.8, 4) is 11.6 Å². The SMILES string of the molecule is CO/N=C(/C1=NCCON1)c1ccccc1Oc1nc[nH]c(=O)c1F. The van der Waals surface area contributed by atoms with Crippen molar-refractivity contribution in [1.82, 2.24) is 15.4 Å². The molecule has 9 nitrogen and oxygen atoms in total. The van der Waals surface area contributed by atoms with Gasteiger partial charge in [0, 0.05) is 0 Å². The Balaban J connectivity index is 2.02. The van der Waals surface area contributed by atoms with Crippen molar-refractivity contribution in [2.24, 2.45) is 10.1 Å². The van der Waals surface area contributed by atoms with Crippen LogP contribution in [0.25, 0.3) is 0 Å². The lowest BCUT2D eigenvalue weighted by Gasteiger charge is -2.17. The fraction of sp³-hybridized carbons (Fsp3) is 0.200. The lowest BCUT2D eigenvalue weighted by molar-refractivity contribution is 0.0836. The zero-order chi connectivity index (χ0) is 17.6. The fourth-order valence-corrected chi connectivity index (χ4v) is 2.08. The molecule has 0 radical (unpaired) electrons. The largest absolute Gasteiger partial charge is 0.436 e. The molecule has 0 saturated heterocycles. The lowest BCUT2D eigenvalue weighted by Crippen LogP contribution is -2.37. The number of hydrogen-bond acceptors (Lipinski definition) is 8. The van der Waals surface area contributed by atoms with E-state index in [1.54, 1.807) is 24.3 Å². The van der Waals surface area contributed by atoms with Gasteiger partial charge in [0.05, 0.1) is 25.0 Å². The predicted molar refractivity (Wildman–Crippen MR) is 86.3 cm³/mol. The van der Waals surface area contributed by atoms with E-state index in [0.29, 0.717) is 30.3 Å². The van der Waals surface area contributed by atoms with E-state index < -0.39 is 17.3 Å². The number of ether oxygens (including phenoxy) is 1. The number of aromatic nitrogens is 2. The summed E-state index contributed by atoms with van der Waals surface area (Å²) in [5.41, 5.74) is 2.46. The molecule has 0 unspecified atom stereocenters. The number of nitrogens with zero attached hydrogens (tertiary/aromatic N) is 3. The first kappa shape index (κ1) is 16.6. The molecule has 10 heteroatoms. The topological polar surface area (TPSA) is 110 Å². The highest BCUT2D eigenvalue weighted by atomic mass is 19.1. The minimum absolute atomic E-state index is 0.213. The van der Waals surface area contributed by atoms with Crippen LogP contribution in [0.4, 0.5) is 4.39 Å². The van der Waals surface area contributed by atoms with Crippen LogP contribution in [0, 0.1) is 5.82 Å². The molecule has 2 N–H and O–H groups in total. The quantitative estimate of drug-likeness (QED) is 0.616. The summed E-state index contributed by atoms with van der Waals surface area (Å²) in [6, 6.07) is 6.67. The number of rotatable bonds is 5. The molecular formula is C15H14FN5O4. The molecule has 0 spiro atoms. The van der Waals surface area contributed by atoms with Crippen LogP contribution in [0.3, 0.4) is 0 Å². The zero-order valence-electron chi connectivity index (χ0n) is 13.2. The van der Waals surface area contributed by atoms with Gasteiger partial charge in [0.15, 0.2) is 11.5 Å². The van der Waals surface area contributed by atoms with Gasteiger partial charge in [-0.15, -0.1) is 0 Å². The third-order valence-electron chi connectivity index (χ3n) is 3.15. The van der Waals surface area contributed by atoms with Crippen molar-refractivity contribution in [1.29, 1.82) is 0 Å². The number of hydrogen-bond donors (Lipinski definition) is 2. The molecule has 1 aliphatic heterocycles. The Morgan fingerprint density at radius 1 is 1.40 bits per heavy atom. The van der Waals surface area contributed by atoms with Crippen LogP contribution >= 0.6 is 0 Å². The normalized spacial score (nSPS) is 14.5. The van der Waals surface area contributed by atoms with E-state index in [4.69, 9.17) is 14.4 Å². The second-order valence-corrected chi connectivity index (χ2v) is 4.75. The van der Waals surface area contributed by atoms with Crippen molar-refractivity contribution >= 4 is 11.5 Å². The molecule has 1 aromatic heterocycles. The van der Waals surface area contributed by atoms with Crippen LogP contribution in [0.1, 0.15) is 5.56 Å². The Bertz CT molecular complexity index is 880. The molecular weight excluding hydrogens is 333 g/mol. The van der Waals surface area contributed by atoms with Crippen molar-refractivity contribution in [3.05, 3.63) is 52.3 Å². The molecule has 0 aliphatic carbocycles. The van der Waals surface area contributed by atoms with Crippen LogP contribution in [-0.4, -0.2) is 41.8 Å². The van der Waals surface area contributed by atoms with Crippen LogP contribution in [0.5, 0.6) is 11.6 Å². The van der Waals surface area contributed by atoms with Crippen LogP contribution in [0.2, 0.25) is 0 Å².